The van der Waals surface area contributed by atoms with Gasteiger partial charge in [0.25, 0.3) is 0 Å². The Morgan fingerprint density at radius 2 is 1.68 bits per heavy atom. The van der Waals surface area contributed by atoms with E-state index in [2.05, 4.69) is 13.8 Å². The summed E-state index contributed by atoms with van der Waals surface area (Å²) in [6.07, 6.45) is 1.30. The van der Waals surface area contributed by atoms with Crippen molar-refractivity contribution in [3.05, 3.63) is 11.6 Å². The highest BCUT2D eigenvalue weighted by Crippen LogP contribution is 2.69. The predicted molar refractivity (Wildman–Crippen MR) is 140 cm³/mol. The molecule has 5 N–H and O–H groups in total. The maximum atomic E-state index is 13.5. The van der Waals surface area contributed by atoms with Gasteiger partial charge in [0.2, 0.25) is 0 Å². The molecular formula is C30H48O8. The topological polar surface area (TPSA) is 137 Å². The van der Waals surface area contributed by atoms with E-state index in [1.165, 1.54) is 0 Å². The molecule has 0 spiro atoms. The number of allylic oxidation sites excluding steroid dienone is 1. The highest BCUT2D eigenvalue weighted by Gasteiger charge is 2.72. The number of fused-ring (bicyclic) bond motifs is 5. The van der Waals surface area contributed by atoms with Crippen LogP contribution in [0.3, 0.4) is 0 Å². The van der Waals surface area contributed by atoms with Gasteiger partial charge in [0.05, 0.1) is 35.1 Å². The molecule has 4 aliphatic carbocycles. The van der Waals surface area contributed by atoms with E-state index in [4.69, 9.17) is 9.47 Å². The first-order chi connectivity index (χ1) is 17.3. The van der Waals surface area contributed by atoms with Gasteiger partial charge in [0.1, 0.15) is 6.10 Å². The van der Waals surface area contributed by atoms with Crippen LogP contribution < -0.4 is 0 Å². The molecule has 0 unspecified atom stereocenters. The van der Waals surface area contributed by atoms with Crippen LogP contribution in [0.15, 0.2) is 11.6 Å². The predicted octanol–water partition coefficient (Wildman–Crippen LogP) is 2.62. The van der Waals surface area contributed by atoms with Crippen LogP contribution >= 0.6 is 0 Å². The second-order valence-corrected chi connectivity index (χ2v) is 14.8. The van der Waals surface area contributed by atoms with Gasteiger partial charge >= 0.3 is 0 Å². The summed E-state index contributed by atoms with van der Waals surface area (Å²) < 4.78 is 13.1. The Morgan fingerprint density at radius 1 is 1.03 bits per heavy atom. The highest BCUT2D eigenvalue weighted by molar-refractivity contribution is 5.95. The van der Waals surface area contributed by atoms with Crippen LogP contribution in [0.1, 0.15) is 93.4 Å². The third-order valence-electron chi connectivity index (χ3n) is 11.5. The molecule has 38 heavy (non-hydrogen) atoms. The molecule has 8 nitrogen and oxygen atoms in total. The van der Waals surface area contributed by atoms with E-state index in [-0.39, 0.29) is 30.1 Å². The Balaban J connectivity index is 1.52. The SMILES string of the molecule is CC(C)(O)CC[C@H]1OC(C)(C)O[C@]1(C)[C@H]1CC[C@@]2(O)C3=CC(=O)[C@@H]4C[C@@H](O)[C@@H](O)[C@@H](O)[C@]4(C)[C@H]3CC[C@]12C. The summed E-state index contributed by atoms with van der Waals surface area (Å²) in [7, 11) is 0. The highest BCUT2D eigenvalue weighted by atomic mass is 16.8. The number of rotatable bonds is 4. The normalized spacial score (nSPS) is 52.3. The fourth-order valence-corrected chi connectivity index (χ4v) is 9.52. The molecule has 1 aliphatic heterocycles. The monoisotopic (exact) mass is 536 g/mol. The first kappa shape index (κ1) is 28.7. The molecule has 0 bridgehead atoms. The van der Waals surface area contributed by atoms with E-state index in [1.54, 1.807) is 19.9 Å². The first-order valence-corrected chi connectivity index (χ1v) is 14.4. The molecular weight excluding hydrogens is 488 g/mol. The van der Waals surface area contributed by atoms with Gasteiger partial charge in [-0.3, -0.25) is 4.79 Å². The Bertz CT molecular complexity index is 1020. The van der Waals surface area contributed by atoms with Crippen LogP contribution in [0.5, 0.6) is 0 Å². The van der Waals surface area contributed by atoms with Crippen LogP contribution in [0, 0.1) is 28.6 Å². The van der Waals surface area contributed by atoms with Crippen molar-refractivity contribution in [2.24, 2.45) is 28.6 Å². The molecule has 3 saturated carbocycles. The standard InChI is InChI=1S/C30H48O8/c1-25(2,35)11-10-22-29(7,38-26(3,4)37-22)21-9-13-30(36)17-14-19(31)18-15-20(32)23(33)24(34)28(18,6)16(17)8-12-27(21,30)5/h14,16,18,20-24,32-36H,8-13,15H2,1-7H3/t16-,18-,20+,21-,22+,23+,24+,27+,28+,29+,30+/m0/s1. The Hall–Kier alpha value is -0.870. The molecule has 11 atom stereocenters. The van der Waals surface area contributed by atoms with Crippen LogP contribution in [0.25, 0.3) is 0 Å². The lowest BCUT2D eigenvalue weighted by Gasteiger charge is -2.61. The summed E-state index contributed by atoms with van der Waals surface area (Å²) in [6.45, 7) is 13.4. The molecule has 0 amide bonds. The molecule has 216 valence electrons. The minimum atomic E-state index is -1.33. The van der Waals surface area contributed by atoms with Gasteiger partial charge in [0, 0.05) is 16.7 Å². The summed E-state index contributed by atoms with van der Waals surface area (Å²) in [4.78, 5) is 13.5. The fraction of sp³-hybridized carbons (Fsp3) is 0.900. The number of hydrogen-bond donors (Lipinski definition) is 5. The summed E-state index contributed by atoms with van der Waals surface area (Å²) >= 11 is 0. The number of aliphatic hydroxyl groups is 5. The van der Waals surface area contributed by atoms with Crippen LogP contribution in [0.4, 0.5) is 0 Å². The van der Waals surface area contributed by atoms with E-state index in [0.717, 1.165) is 0 Å². The van der Waals surface area contributed by atoms with E-state index in [1.807, 2.05) is 20.8 Å². The summed E-state index contributed by atoms with van der Waals surface area (Å²) in [5.41, 5.74) is -3.74. The summed E-state index contributed by atoms with van der Waals surface area (Å²) in [5, 5.41) is 55.1. The number of carbonyl (C=O) groups is 1. The lowest BCUT2D eigenvalue weighted by molar-refractivity contribution is -0.207. The lowest BCUT2D eigenvalue weighted by atomic mass is 9.45. The Morgan fingerprint density at radius 3 is 2.32 bits per heavy atom. The Labute approximate surface area is 226 Å². The van der Waals surface area contributed by atoms with Gasteiger partial charge in [-0.1, -0.05) is 13.8 Å². The molecule has 1 saturated heterocycles. The van der Waals surface area contributed by atoms with Crippen molar-refractivity contribution < 1.29 is 39.8 Å². The second kappa shape index (κ2) is 8.57. The zero-order valence-electron chi connectivity index (χ0n) is 24.0. The van der Waals surface area contributed by atoms with Crippen molar-refractivity contribution in [1.82, 2.24) is 0 Å². The van der Waals surface area contributed by atoms with Crippen molar-refractivity contribution in [2.45, 2.75) is 140 Å². The minimum Gasteiger partial charge on any atom is -0.390 e. The van der Waals surface area contributed by atoms with Crippen molar-refractivity contribution in [3.63, 3.8) is 0 Å². The van der Waals surface area contributed by atoms with Gasteiger partial charge in [-0.2, -0.15) is 0 Å². The number of hydrogen-bond acceptors (Lipinski definition) is 8. The molecule has 4 fully saturated rings. The van der Waals surface area contributed by atoms with Crippen molar-refractivity contribution in [3.8, 4) is 0 Å². The van der Waals surface area contributed by atoms with Gasteiger partial charge in [0.15, 0.2) is 11.6 Å². The molecule has 0 radical (unpaired) electrons. The third-order valence-corrected chi connectivity index (χ3v) is 11.5. The minimum absolute atomic E-state index is 0.0697. The smallest absolute Gasteiger partial charge is 0.164 e. The third kappa shape index (κ3) is 3.85. The summed E-state index contributed by atoms with van der Waals surface area (Å²) in [6, 6.07) is 0. The lowest BCUT2D eigenvalue weighted by Crippen LogP contribution is -2.66. The van der Waals surface area contributed by atoms with Gasteiger partial charge in [-0.05, 0) is 103 Å². The fourth-order valence-electron chi connectivity index (χ4n) is 9.52. The van der Waals surface area contributed by atoms with Gasteiger partial charge in [-0.15, -0.1) is 0 Å². The van der Waals surface area contributed by atoms with E-state index in [9.17, 15) is 30.3 Å². The number of ether oxygens (including phenoxy) is 2. The summed E-state index contributed by atoms with van der Waals surface area (Å²) in [5.74, 6) is -1.96. The first-order valence-electron chi connectivity index (χ1n) is 14.4. The average molecular weight is 537 g/mol. The average Bonchev–Trinajstić information content (AvgIpc) is 3.21. The van der Waals surface area contributed by atoms with Crippen LogP contribution in [-0.4, -0.2) is 78.3 Å². The molecule has 0 aromatic carbocycles. The number of aliphatic hydroxyl groups excluding tert-OH is 3. The molecule has 0 aromatic heterocycles. The zero-order valence-corrected chi connectivity index (χ0v) is 24.0. The van der Waals surface area contributed by atoms with Crippen molar-refractivity contribution >= 4 is 5.78 Å². The van der Waals surface area contributed by atoms with E-state index >= 15 is 0 Å². The Kier molecular flexibility index (Phi) is 6.46. The maximum absolute atomic E-state index is 13.5. The van der Waals surface area contributed by atoms with Crippen molar-refractivity contribution in [2.75, 3.05) is 0 Å². The van der Waals surface area contributed by atoms with Crippen LogP contribution in [0.2, 0.25) is 0 Å². The van der Waals surface area contributed by atoms with Crippen molar-refractivity contribution in [1.29, 1.82) is 0 Å². The van der Waals surface area contributed by atoms with Gasteiger partial charge < -0.3 is 35.0 Å². The molecule has 8 heteroatoms. The van der Waals surface area contributed by atoms with Crippen LogP contribution in [-0.2, 0) is 14.3 Å². The number of ketones is 1. The van der Waals surface area contributed by atoms with E-state index in [0.29, 0.717) is 44.1 Å². The van der Waals surface area contributed by atoms with Gasteiger partial charge in [-0.25, -0.2) is 0 Å². The second-order valence-electron chi connectivity index (χ2n) is 14.8. The zero-order chi connectivity index (χ0) is 28.3. The largest absolute Gasteiger partial charge is 0.390 e. The molecule has 5 aliphatic rings. The van der Waals surface area contributed by atoms with E-state index < -0.39 is 57.7 Å². The molecule has 1 heterocycles. The molecule has 0 aromatic rings. The number of carbonyl (C=O) groups excluding carboxylic acids is 1. The maximum Gasteiger partial charge on any atom is 0.164 e. The molecule has 5 rings (SSSR count). The quantitative estimate of drug-likeness (QED) is 0.370.